The summed E-state index contributed by atoms with van der Waals surface area (Å²) in [6, 6.07) is 0. The van der Waals surface area contributed by atoms with Crippen molar-refractivity contribution < 1.29 is 4.79 Å². The number of nitrogens with one attached hydrogen (secondary N) is 1. The maximum atomic E-state index is 11.6. The predicted octanol–water partition coefficient (Wildman–Crippen LogP) is 0.273. The van der Waals surface area contributed by atoms with E-state index in [0.717, 1.165) is 43.1 Å². The summed E-state index contributed by atoms with van der Waals surface area (Å²) in [5.74, 6) is 1.24. The molecule has 1 saturated heterocycles. The van der Waals surface area contributed by atoms with Crippen molar-refractivity contribution in [3.63, 3.8) is 0 Å². The Kier molecular flexibility index (Phi) is 3.45. The van der Waals surface area contributed by atoms with Crippen LogP contribution in [0, 0.1) is 12.8 Å². The average molecular weight is 251 g/mol. The van der Waals surface area contributed by atoms with Crippen LogP contribution in [0.5, 0.6) is 0 Å². The third-order valence-corrected chi connectivity index (χ3v) is 3.65. The molecule has 1 amide bonds. The molecule has 0 radical (unpaired) electrons. The molecular weight excluding hydrogens is 230 g/mol. The van der Waals surface area contributed by atoms with Crippen LogP contribution >= 0.6 is 0 Å². The highest BCUT2D eigenvalue weighted by Crippen LogP contribution is 2.29. The Balaban J connectivity index is 2.08. The Morgan fingerprint density at radius 2 is 2.06 bits per heavy atom. The number of nitrogens with zero attached hydrogens (tertiary/aromatic N) is 3. The van der Waals surface area contributed by atoms with Crippen LogP contribution in [0.25, 0.3) is 0 Å². The molecule has 0 bridgehead atoms. The van der Waals surface area contributed by atoms with Crippen LogP contribution in [0.2, 0.25) is 0 Å². The van der Waals surface area contributed by atoms with Crippen molar-refractivity contribution in [3.8, 4) is 0 Å². The SMILES string of the molecule is CNC(=O)C1CCN(c2c(N)c(C)nn2C)CC1. The Hall–Kier alpha value is -1.72. The van der Waals surface area contributed by atoms with Gasteiger partial charge in [-0.15, -0.1) is 0 Å². The first kappa shape index (κ1) is 12.7. The summed E-state index contributed by atoms with van der Waals surface area (Å²) in [5.41, 5.74) is 7.66. The van der Waals surface area contributed by atoms with Crippen LogP contribution in [-0.2, 0) is 11.8 Å². The van der Waals surface area contributed by atoms with Crippen molar-refractivity contribution in [3.05, 3.63) is 5.69 Å². The lowest BCUT2D eigenvalue weighted by molar-refractivity contribution is -0.125. The Bertz CT molecular complexity index is 446. The Morgan fingerprint density at radius 1 is 1.44 bits per heavy atom. The number of amides is 1. The van der Waals surface area contributed by atoms with Crippen LogP contribution in [0.15, 0.2) is 0 Å². The van der Waals surface area contributed by atoms with E-state index in [1.807, 2.05) is 18.7 Å². The summed E-state index contributed by atoms with van der Waals surface area (Å²) in [5, 5.41) is 7.04. The number of aromatic nitrogens is 2. The fraction of sp³-hybridized carbons (Fsp3) is 0.667. The van der Waals surface area contributed by atoms with Gasteiger partial charge in [-0.3, -0.25) is 9.48 Å². The van der Waals surface area contributed by atoms with Gasteiger partial charge in [-0.05, 0) is 19.8 Å². The molecule has 2 heterocycles. The van der Waals surface area contributed by atoms with Gasteiger partial charge in [0.1, 0.15) is 5.82 Å². The molecule has 0 spiro atoms. The second-order valence-electron chi connectivity index (χ2n) is 4.82. The fourth-order valence-electron chi connectivity index (χ4n) is 2.59. The van der Waals surface area contributed by atoms with Crippen molar-refractivity contribution in [1.82, 2.24) is 15.1 Å². The van der Waals surface area contributed by atoms with Gasteiger partial charge in [0.05, 0.1) is 11.4 Å². The number of nitrogens with two attached hydrogens (primary N) is 1. The molecule has 2 rings (SSSR count). The minimum atomic E-state index is 0.127. The molecule has 1 aliphatic rings. The highest BCUT2D eigenvalue weighted by Gasteiger charge is 2.27. The Labute approximate surface area is 107 Å². The van der Waals surface area contributed by atoms with E-state index in [-0.39, 0.29) is 11.8 Å². The molecule has 6 nitrogen and oxygen atoms in total. The predicted molar refractivity (Wildman–Crippen MR) is 71.4 cm³/mol. The van der Waals surface area contributed by atoms with Gasteiger partial charge in [0.25, 0.3) is 0 Å². The van der Waals surface area contributed by atoms with Gasteiger partial charge in [-0.25, -0.2) is 0 Å². The molecule has 18 heavy (non-hydrogen) atoms. The molecular formula is C12H21N5O. The summed E-state index contributed by atoms with van der Waals surface area (Å²) in [6.45, 7) is 3.61. The number of carbonyl (C=O) groups is 1. The van der Waals surface area contributed by atoms with E-state index in [9.17, 15) is 4.79 Å². The zero-order valence-electron chi connectivity index (χ0n) is 11.2. The number of carbonyl (C=O) groups excluding carboxylic acids is 1. The number of anilines is 2. The molecule has 1 aromatic heterocycles. The minimum Gasteiger partial charge on any atom is -0.394 e. The summed E-state index contributed by atoms with van der Waals surface area (Å²) in [4.78, 5) is 13.8. The van der Waals surface area contributed by atoms with Crippen LogP contribution in [-0.4, -0.2) is 35.8 Å². The minimum absolute atomic E-state index is 0.127. The van der Waals surface area contributed by atoms with Crippen molar-refractivity contribution in [1.29, 1.82) is 0 Å². The molecule has 6 heteroatoms. The number of piperidine rings is 1. The maximum Gasteiger partial charge on any atom is 0.222 e. The van der Waals surface area contributed by atoms with Gasteiger partial charge < -0.3 is 16.0 Å². The first-order chi connectivity index (χ1) is 8.54. The van der Waals surface area contributed by atoms with Gasteiger partial charge in [0.15, 0.2) is 0 Å². The van der Waals surface area contributed by atoms with Crippen LogP contribution in [0.4, 0.5) is 11.5 Å². The quantitative estimate of drug-likeness (QED) is 0.791. The summed E-state index contributed by atoms with van der Waals surface area (Å²) >= 11 is 0. The van der Waals surface area contributed by atoms with E-state index >= 15 is 0 Å². The number of aryl methyl sites for hydroxylation is 2. The van der Waals surface area contributed by atoms with Gasteiger partial charge in [-0.2, -0.15) is 5.10 Å². The lowest BCUT2D eigenvalue weighted by atomic mass is 9.96. The van der Waals surface area contributed by atoms with E-state index in [4.69, 9.17) is 5.73 Å². The van der Waals surface area contributed by atoms with E-state index in [1.54, 1.807) is 7.05 Å². The number of hydrogen-bond donors (Lipinski definition) is 2. The fourth-order valence-corrected chi connectivity index (χ4v) is 2.59. The van der Waals surface area contributed by atoms with Gasteiger partial charge >= 0.3 is 0 Å². The first-order valence-corrected chi connectivity index (χ1v) is 6.30. The second kappa shape index (κ2) is 4.88. The topological polar surface area (TPSA) is 76.2 Å². The van der Waals surface area contributed by atoms with Crippen molar-refractivity contribution in [2.24, 2.45) is 13.0 Å². The lowest BCUT2D eigenvalue weighted by Crippen LogP contribution is -2.40. The number of hydrogen-bond acceptors (Lipinski definition) is 4. The van der Waals surface area contributed by atoms with Crippen LogP contribution in [0.3, 0.4) is 0 Å². The normalized spacial score (nSPS) is 16.9. The van der Waals surface area contributed by atoms with E-state index in [1.165, 1.54) is 0 Å². The molecule has 100 valence electrons. The Morgan fingerprint density at radius 3 is 2.50 bits per heavy atom. The van der Waals surface area contributed by atoms with E-state index in [0.29, 0.717) is 0 Å². The van der Waals surface area contributed by atoms with Gasteiger partial charge in [0, 0.05) is 33.1 Å². The maximum absolute atomic E-state index is 11.6. The largest absolute Gasteiger partial charge is 0.394 e. The molecule has 0 unspecified atom stereocenters. The number of rotatable bonds is 2. The molecule has 1 aliphatic heterocycles. The average Bonchev–Trinajstić information content (AvgIpc) is 2.63. The molecule has 0 saturated carbocycles. The monoisotopic (exact) mass is 251 g/mol. The van der Waals surface area contributed by atoms with Crippen LogP contribution < -0.4 is 16.0 Å². The molecule has 0 atom stereocenters. The zero-order chi connectivity index (χ0) is 13.3. The molecule has 1 aromatic rings. The highest BCUT2D eigenvalue weighted by atomic mass is 16.1. The van der Waals surface area contributed by atoms with E-state index in [2.05, 4.69) is 15.3 Å². The van der Waals surface area contributed by atoms with Crippen molar-refractivity contribution >= 4 is 17.4 Å². The summed E-state index contributed by atoms with van der Waals surface area (Å²) in [7, 11) is 3.60. The third-order valence-electron chi connectivity index (χ3n) is 3.65. The third kappa shape index (κ3) is 2.14. The molecule has 3 N–H and O–H groups in total. The summed E-state index contributed by atoms with van der Waals surface area (Å²) in [6.07, 6.45) is 1.73. The highest BCUT2D eigenvalue weighted by molar-refractivity contribution is 5.78. The molecule has 0 aliphatic carbocycles. The van der Waals surface area contributed by atoms with Crippen molar-refractivity contribution in [2.75, 3.05) is 30.8 Å². The smallest absolute Gasteiger partial charge is 0.222 e. The summed E-state index contributed by atoms with van der Waals surface area (Å²) < 4.78 is 1.82. The standard InChI is InChI=1S/C12H21N5O/c1-8-10(13)12(16(3)15-8)17-6-4-9(5-7-17)11(18)14-2/h9H,4-7,13H2,1-3H3,(H,14,18). The van der Waals surface area contributed by atoms with Gasteiger partial charge in [-0.1, -0.05) is 0 Å². The first-order valence-electron chi connectivity index (χ1n) is 6.30. The number of nitrogen functional groups attached to an aromatic ring is 1. The van der Waals surface area contributed by atoms with Gasteiger partial charge in [0.2, 0.25) is 5.91 Å². The van der Waals surface area contributed by atoms with Crippen molar-refractivity contribution in [2.45, 2.75) is 19.8 Å². The lowest BCUT2D eigenvalue weighted by Gasteiger charge is -2.32. The second-order valence-corrected chi connectivity index (χ2v) is 4.82. The zero-order valence-corrected chi connectivity index (χ0v) is 11.2. The van der Waals surface area contributed by atoms with E-state index < -0.39 is 0 Å². The van der Waals surface area contributed by atoms with Crippen LogP contribution in [0.1, 0.15) is 18.5 Å². The molecule has 1 fully saturated rings. The molecule has 0 aromatic carbocycles.